The zero-order valence-corrected chi connectivity index (χ0v) is 30.8. The lowest BCUT2D eigenvalue weighted by Gasteiger charge is -2.19. The van der Waals surface area contributed by atoms with Gasteiger partial charge in [0.2, 0.25) is 0 Å². The van der Waals surface area contributed by atoms with Crippen LogP contribution < -0.4 is 0 Å². The average Bonchev–Trinajstić information content (AvgIpc) is 3.41. The molecule has 0 unspecified atom stereocenters. The number of carbonyl (C=O) groups is 3. The molecule has 0 saturated carbocycles. The van der Waals surface area contributed by atoms with Crippen LogP contribution in [0.25, 0.3) is 0 Å². The summed E-state index contributed by atoms with van der Waals surface area (Å²) >= 11 is 0. The molecule has 51 heavy (non-hydrogen) atoms. The zero-order valence-electron chi connectivity index (χ0n) is 30.8. The number of carbonyl (C=O) groups excluding carboxylic acids is 3. The molecule has 0 N–H and O–H groups in total. The fraction of sp³-hybridized carbons (Fsp3) is 0.853. The number of hydrogen-bond donors (Lipinski definition) is 0. The van der Waals surface area contributed by atoms with Gasteiger partial charge in [-0.1, -0.05) is 0 Å². The fourth-order valence-electron chi connectivity index (χ4n) is 3.75. The van der Waals surface area contributed by atoms with Crippen LogP contribution in [0.4, 0.5) is 0 Å². The zero-order chi connectivity index (χ0) is 37.1. The molecule has 298 valence electrons. The summed E-state index contributed by atoms with van der Waals surface area (Å²) in [6, 6.07) is 0. The lowest BCUT2D eigenvalue weighted by Crippen LogP contribution is -2.33. The van der Waals surface area contributed by atoms with Gasteiger partial charge in [-0.05, 0) is 20.8 Å². The maximum absolute atomic E-state index is 11.5. The van der Waals surface area contributed by atoms with Crippen molar-refractivity contribution in [1.29, 1.82) is 0 Å². The van der Waals surface area contributed by atoms with Gasteiger partial charge in [-0.25, -0.2) is 4.79 Å². The van der Waals surface area contributed by atoms with Gasteiger partial charge in [0.15, 0.2) is 0 Å². The molecule has 0 radical (unpaired) electrons. The lowest BCUT2D eigenvalue weighted by molar-refractivity contribution is -0.160. The summed E-state index contributed by atoms with van der Waals surface area (Å²) in [4.78, 5) is 35.4. The lowest BCUT2D eigenvalue weighted by atomic mass is 10.2. The molecule has 2 amide bonds. The summed E-state index contributed by atoms with van der Waals surface area (Å²) in [7, 11) is 0. The summed E-state index contributed by atoms with van der Waals surface area (Å²) < 4.78 is 70.2. The first-order chi connectivity index (χ1) is 24.8. The van der Waals surface area contributed by atoms with Crippen LogP contribution in [-0.4, -0.2) is 193 Å². The minimum absolute atomic E-state index is 0.0900. The summed E-state index contributed by atoms with van der Waals surface area (Å²) in [6.07, 6.45) is 2.50. The van der Waals surface area contributed by atoms with Crippen LogP contribution in [0.1, 0.15) is 20.8 Å². The van der Waals surface area contributed by atoms with E-state index in [1.54, 1.807) is 0 Å². The quantitative estimate of drug-likeness (QED) is 0.0485. The second-order valence-corrected chi connectivity index (χ2v) is 11.5. The third-order valence-electron chi connectivity index (χ3n) is 6.09. The van der Waals surface area contributed by atoms with Crippen LogP contribution in [0.2, 0.25) is 0 Å². The number of rotatable bonds is 38. The minimum Gasteiger partial charge on any atom is -0.458 e. The van der Waals surface area contributed by atoms with Crippen molar-refractivity contribution in [1.82, 2.24) is 4.90 Å². The van der Waals surface area contributed by atoms with E-state index in [2.05, 4.69) is 0 Å². The molecule has 0 saturated heterocycles. The molecule has 0 bridgehead atoms. The van der Waals surface area contributed by atoms with Gasteiger partial charge >= 0.3 is 5.97 Å². The summed E-state index contributed by atoms with van der Waals surface area (Å²) in [6.45, 7) is 15.7. The Hall–Kier alpha value is -2.13. The van der Waals surface area contributed by atoms with Crippen molar-refractivity contribution in [3.05, 3.63) is 12.2 Å². The van der Waals surface area contributed by atoms with E-state index in [-0.39, 0.29) is 31.6 Å². The molecule has 1 aliphatic rings. The van der Waals surface area contributed by atoms with Crippen molar-refractivity contribution < 1.29 is 76.0 Å². The first-order valence-electron chi connectivity index (χ1n) is 17.5. The molecule has 17 nitrogen and oxygen atoms in total. The van der Waals surface area contributed by atoms with E-state index in [4.69, 9.17) is 61.6 Å². The fourth-order valence-corrected chi connectivity index (χ4v) is 3.75. The Morgan fingerprint density at radius 2 is 0.667 bits per heavy atom. The van der Waals surface area contributed by atoms with Crippen molar-refractivity contribution in [2.75, 3.05) is 165 Å². The molecule has 0 fully saturated rings. The van der Waals surface area contributed by atoms with Gasteiger partial charge in [0.1, 0.15) is 12.2 Å². The first-order valence-corrected chi connectivity index (χ1v) is 17.5. The van der Waals surface area contributed by atoms with Crippen molar-refractivity contribution in [2.24, 2.45) is 0 Å². The van der Waals surface area contributed by atoms with Gasteiger partial charge in [-0.15, -0.1) is 0 Å². The van der Waals surface area contributed by atoms with Crippen LogP contribution in [-0.2, 0) is 76.0 Å². The molecule has 0 atom stereocenters. The van der Waals surface area contributed by atoms with Crippen molar-refractivity contribution in [3.63, 3.8) is 0 Å². The van der Waals surface area contributed by atoms with Gasteiger partial charge in [-0.2, -0.15) is 0 Å². The number of imide groups is 1. The molecule has 0 aromatic rings. The molecular weight excluding hydrogens is 678 g/mol. The van der Waals surface area contributed by atoms with Crippen molar-refractivity contribution in [2.45, 2.75) is 26.4 Å². The Labute approximate surface area is 302 Å². The Balaban J connectivity index is 1.63. The van der Waals surface area contributed by atoms with E-state index in [9.17, 15) is 14.4 Å². The number of esters is 1. The van der Waals surface area contributed by atoms with Crippen LogP contribution in [0.5, 0.6) is 0 Å². The first kappa shape index (κ1) is 46.9. The van der Waals surface area contributed by atoms with E-state index < -0.39 is 11.6 Å². The maximum atomic E-state index is 11.5. The largest absolute Gasteiger partial charge is 0.458 e. The summed E-state index contributed by atoms with van der Waals surface area (Å²) in [5, 5.41) is 0. The standard InChI is InChI=1S/C34H61NO16/c1-34(2,3)51-33(38)30-50-29-28-49-27-26-48-25-24-47-23-22-46-21-20-45-19-18-44-17-16-43-15-14-42-13-12-41-11-10-40-9-8-39-7-6-35-31(36)4-5-32(35)37/h4-5H,6-30H2,1-3H3. The van der Waals surface area contributed by atoms with Crippen LogP contribution in [0.3, 0.4) is 0 Å². The van der Waals surface area contributed by atoms with Gasteiger partial charge in [0.05, 0.1) is 159 Å². The highest BCUT2D eigenvalue weighted by Crippen LogP contribution is 2.06. The molecule has 0 aromatic carbocycles. The van der Waals surface area contributed by atoms with Gasteiger partial charge in [0.25, 0.3) is 11.8 Å². The van der Waals surface area contributed by atoms with E-state index >= 15 is 0 Å². The molecule has 17 heteroatoms. The molecular formula is C34H61NO16. The predicted octanol–water partition coefficient (Wildman–Crippen LogP) is 0.452. The highest BCUT2D eigenvalue weighted by atomic mass is 16.6. The normalized spacial score (nSPS) is 13.2. The molecule has 0 aliphatic carbocycles. The SMILES string of the molecule is CC(C)(C)OC(=O)COCCOCCOCCOCCOCCOCCOCCOCCOCCOCCOCCOCCN1C(=O)C=CC1=O. The Kier molecular flexibility index (Phi) is 31.0. The highest BCUT2D eigenvalue weighted by molar-refractivity contribution is 6.12. The Morgan fingerprint density at radius 1 is 0.431 bits per heavy atom. The predicted molar refractivity (Wildman–Crippen MR) is 182 cm³/mol. The second kappa shape index (κ2) is 33.7. The number of nitrogens with zero attached hydrogens (tertiary/aromatic N) is 1. The smallest absolute Gasteiger partial charge is 0.332 e. The molecule has 1 aliphatic heterocycles. The molecule has 1 rings (SSSR count). The second-order valence-electron chi connectivity index (χ2n) is 11.5. The number of ether oxygens (including phenoxy) is 13. The molecule has 0 aromatic heterocycles. The highest BCUT2D eigenvalue weighted by Gasteiger charge is 2.22. The van der Waals surface area contributed by atoms with E-state index in [0.29, 0.717) is 145 Å². The van der Waals surface area contributed by atoms with Crippen molar-refractivity contribution >= 4 is 17.8 Å². The monoisotopic (exact) mass is 739 g/mol. The number of hydrogen-bond acceptors (Lipinski definition) is 16. The van der Waals surface area contributed by atoms with E-state index in [1.807, 2.05) is 20.8 Å². The van der Waals surface area contributed by atoms with Crippen LogP contribution in [0, 0.1) is 0 Å². The van der Waals surface area contributed by atoms with Crippen LogP contribution in [0.15, 0.2) is 12.2 Å². The topological polar surface area (TPSA) is 174 Å². The average molecular weight is 740 g/mol. The summed E-state index contributed by atoms with van der Waals surface area (Å²) in [5.41, 5.74) is -0.517. The van der Waals surface area contributed by atoms with Crippen molar-refractivity contribution in [3.8, 4) is 0 Å². The minimum atomic E-state index is -0.517. The number of amides is 2. The molecule has 0 spiro atoms. The Morgan fingerprint density at radius 3 is 0.922 bits per heavy atom. The van der Waals surface area contributed by atoms with Gasteiger partial charge in [0, 0.05) is 12.2 Å². The third kappa shape index (κ3) is 32.3. The van der Waals surface area contributed by atoms with Gasteiger partial charge < -0.3 is 61.6 Å². The maximum Gasteiger partial charge on any atom is 0.332 e. The van der Waals surface area contributed by atoms with E-state index in [0.717, 1.165) is 4.90 Å². The molecule has 1 heterocycles. The van der Waals surface area contributed by atoms with Gasteiger partial charge in [-0.3, -0.25) is 14.5 Å². The van der Waals surface area contributed by atoms with Crippen LogP contribution >= 0.6 is 0 Å². The summed E-state index contributed by atoms with van der Waals surface area (Å²) in [5.74, 6) is -1.01. The van der Waals surface area contributed by atoms with E-state index in [1.165, 1.54) is 12.2 Å². The Bertz CT molecular complexity index is 867. The third-order valence-corrected chi connectivity index (χ3v) is 6.09.